The number of benzene rings is 2. The van der Waals surface area contributed by atoms with Crippen LogP contribution >= 0.6 is 11.8 Å². The van der Waals surface area contributed by atoms with Gasteiger partial charge in [-0.2, -0.15) is 0 Å². The number of nitrogens with zero attached hydrogens (tertiary/aromatic N) is 2. The highest BCUT2D eigenvalue weighted by Crippen LogP contribution is 2.26. The van der Waals surface area contributed by atoms with Crippen LogP contribution in [0.1, 0.15) is 36.8 Å². The van der Waals surface area contributed by atoms with Gasteiger partial charge in [0.15, 0.2) is 0 Å². The molecule has 2 aromatic carbocycles. The zero-order chi connectivity index (χ0) is 20.8. The summed E-state index contributed by atoms with van der Waals surface area (Å²) in [6.07, 6.45) is 7.71. The molecule has 2 heterocycles. The van der Waals surface area contributed by atoms with Crippen molar-refractivity contribution in [3.63, 3.8) is 0 Å². The minimum Gasteiger partial charge on any atom is -0.342 e. The summed E-state index contributed by atoms with van der Waals surface area (Å²) in [5.74, 6) is 1.29. The summed E-state index contributed by atoms with van der Waals surface area (Å²) in [5, 5.41) is 0. The summed E-state index contributed by atoms with van der Waals surface area (Å²) >= 11 is 1.78. The van der Waals surface area contributed by atoms with Crippen LogP contribution in [-0.4, -0.2) is 48.1 Å². The van der Waals surface area contributed by atoms with E-state index in [2.05, 4.69) is 70.7 Å². The van der Waals surface area contributed by atoms with Gasteiger partial charge in [0, 0.05) is 31.1 Å². The summed E-state index contributed by atoms with van der Waals surface area (Å²) in [5.41, 5.74) is 2.78. The lowest BCUT2D eigenvalue weighted by Gasteiger charge is -2.38. The Balaban J connectivity index is 1.26. The van der Waals surface area contributed by atoms with E-state index in [1.54, 1.807) is 11.8 Å². The zero-order valence-electron chi connectivity index (χ0n) is 18.1. The molecular weight excluding hydrogens is 388 g/mol. The van der Waals surface area contributed by atoms with Crippen LogP contribution in [0.4, 0.5) is 0 Å². The Kier molecular flexibility index (Phi) is 7.51. The van der Waals surface area contributed by atoms with Crippen molar-refractivity contribution < 1.29 is 4.79 Å². The molecule has 2 aliphatic heterocycles. The van der Waals surface area contributed by atoms with Crippen molar-refractivity contribution in [3.8, 4) is 0 Å². The van der Waals surface area contributed by atoms with Crippen molar-refractivity contribution in [1.82, 2.24) is 9.80 Å². The maximum Gasteiger partial charge on any atom is 0.226 e. The van der Waals surface area contributed by atoms with E-state index < -0.39 is 0 Å². The van der Waals surface area contributed by atoms with E-state index in [0.717, 1.165) is 64.8 Å². The highest BCUT2D eigenvalue weighted by Gasteiger charge is 2.31. The van der Waals surface area contributed by atoms with Gasteiger partial charge in [0.05, 0.1) is 5.92 Å². The Morgan fingerprint density at radius 1 is 0.933 bits per heavy atom. The second-order valence-corrected chi connectivity index (χ2v) is 9.76. The molecule has 2 aliphatic rings. The average molecular weight is 423 g/mol. The molecule has 0 radical (unpaired) electrons. The third-order valence-corrected chi connectivity index (χ3v) is 7.46. The van der Waals surface area contributed by atoms with Crippen LogP contribution < -0.4 is 0 Å². The molecule has 2 saturated heterocycles. The molecule has 4 rings (SSSR count). The zero-order valence-corrected chi connectivity index (χ0v) is 18.9. The van der Waals surface area contributed by atoms with Crippen molar-refractivity contribution in [3.05, 3.63) is 65.7 Å². The Morgan fingerprint density at radius 3 is 2.37 bits per heavy atom. The van der Waals surface area contributed by atoms with E-state index in [4.69, 9.17) is 0 Å². The summed E-state index contributed by atoms with van der Waals surface area (Å²) in [6, 6.07) is 19.6. The number of rotatable bonds is 6. The Hall–Kier alpha value is -1.78. The molecule has 160 valence electrons. The summed E-state index contributed by atoms with van der Waals surface area (Å²) in [6.45, 7) is 4.84. The van der Waals surface area contributed by atoms with Gasteiger partial charge >= 0.3 is 0 Å². The fraction of sp³-hybridized carbons (Fsp3) is 0.500. The first-order valence-electron chi connectivity index (χ1n) is 11.4. The molecule has 2 fully saturated rings. The van der Waals surface area contributed by atoms with Gasteiger partial charge in [-0.05, 0) is 74.1 Å². The molecule has 1 amide bonds. The van der Waals surface area contributed by atoms with Crippen LogP contribution in [0.5, 0.6) is 0 Å². The van der Waals surface area contributed by atoms with Crippen LogP contribution in [0, 0.1) is 11.8 Å². The number of amides is 1. The van der Waals surface area contributed by atoms with Crippen molar-refractivity contribution in [2.45, 2.75) is 43.5 Å². The number of hydrogen-bond acceptors (Lipinski definition) is 3. The number of carbonyl (C=O) groups is 1. The van der Waals surface area contributed by atoms with Crippen molar-refractivity contribution in [1.29, 1.82) is 0 Å². The maximum absolute atomic E-state index is 13.2. The summed E-state index contributed by atoms with van der Waals surface area (Å²) < 4.78 is 0. The van der Waals surface area contributed by atoms with Gasteiger partial charge < -0.3 is 4.90 Å². The van der Waals surface area contributed by atoms with E-state index in [0.29, 0.717) is 11.8 Å². The number of likely N-dealkylation sites (tertiary alicyclic amines) is 2. The van der Waals surface area contributed by atoms with Crippen LogP contribution in [0.3, 0.4) is 0 Å². The second kappa shape index (κ2) is 10.5. The van der Waals surface area contributed by atoms with E-state index in [9.17, 15) is 4.79 Å². The highest BCUT2D eigenvalue weighted by molar-refractivity contribution is 7.98. The topological polar surface area (TPSA) is 23.6 Å². The number of carbonyl (C=O) groups excluding carboxylic acids is 1. The largest absolute Gasteiger partial charge is 0.342 e. The monoisotopic (exact) mass is 422 g/mol. The van der Waals surface area contributed by atoms with Gasteiger partial charge in [-0.3, -0.25) is 9.69 Å². The predicted octanol–water partition coefficient (Wildman–Crippen LogP) is 5.10. The first kappa shape index (κ1) is 21.5. The fourth-order valence-corrected chi connectivity index (χ4v) is 5.36. The second-order valence-electron chi connectivity index (χ2n) is 8.88. The first-order valence-corrected chi connectivity index (χ1v) is 12.6. The minimum atomic E-state index is 0.176. The highest BCUT2D eigenvalue weighted by atomic mass is 32.2. The summed E-state index contributed by atoms with van der Waals surface area (Å²) in [4.78, 5) is 19.1. The van der Waals surface area contributed by atoms with E-state index >= 15 is 0 Å². The van der Waals surface area contributed by atoms with E-state index in [1.165, 1.54) is 16.0 Å². The molecule has 0 unspecified atom stereocenters. The predicted molar refractivity (Wildman–Crippen MR) is 126 cm³/mol. The van der Waals surface area contributed by atoms with Crippen LogP contribution in [0.15, 0.2) is 59.5 Å². The lowest BCUT2D eigenvalue weighted by molar-refractivity contribution is -0.138. The van der Waals surface area contributed by atoms with Crippen molar-refractivity contribution in [2.24, 2.45) is 11.8 Å². The lowest BCUT2D eigenvalue weighted by atomic mass is 9.89. The molecule has 4 heteroatoms. The van der Waals surface area contributed by atoms with E-state index in [-0.39, 0.29) is 5.92 Å². The molecule has 1 atom stereocenters. The van der Waals surface area contributed by atoms with Gasteiger partial charge in [0.25, 0.3) is 0 Å². The summed E-state index contributed by atoms with van der Waals surface area (Å²) in [7, 11) is 0. The van der Waals surface area contributed by atoms with E-state index in [1.807, 2.05) is 0 Å². The van der Waals surface area contributed by atoms with Gasteiger partial charge in [-0.1, -0.05) is 42.5 Å². The van der Waals surface area contributed by atoms with Crippen molar-refractivity contribution >= 4 is 17.7 Å². The number of thioether (sulfide) groups is 1. The van der Waals surface area contributed by atoms with Crippen LogP contribution in [0.25, 0.3) is 0 Å². The number of piperidine rings is 2. The standard InChI is InChI=1S/C26H34N2OS/c1-30-25-11-9-23(10-12-25)19-27-15-5-8-24(20-27)26(29)28-16-13-22(14-17-28)18-21-6-3-2-4-7-21/h2-4,6-7,9-12,22,24H,5,8,13-20H2,1H3/t24-/m0/s1. The third kappa shape index (κ3) is 5.67. The quantitative estimate of drug-likeness (QED) is 0.605. The van der Waals surface area contributed by atoms with Gasteiger partial charge in [-0.15, -0.1) is 11.8 Å². The Bertz CT molecular complexity index is 800. The van der Waals surface area contributed by atoms with Gasteiger partial charge in [0.1, 0.15) is 0 Å². The smallest absolute Gasteiger partial charge is 0.226 e. The molecular formula is C26H34N2OS. The molecule has 0 aliphatic carbocycles. The van der Waals surface area contributed by atoms with Crippen molar-refractivity contribution in [2.75, 3.05) is 32.4 Å². The Labute approximate surface area is 185 Å². The normalized spacial score (nSPS) is 21.0. The lowest BCUT2D eigenvalue weighted by Crippen LogP contribution is -2.47. The molecule has 0 aromatic heterocycles. The fourth-order valence-electron chi connectivity index (χ4n) is 4.95. The van der Waals surface area contributed by atoms with Crippen LogP contribution in [0.2, 0.25) is 0 Å². The molecule has 0 bridgehead atoms. The molecule has 3 nitrogen and oxygen atoms in total. The third-order valence-electron chi connectivity index (χ3n) is 6.71. The minimum absolute atomic E-state index is 0.176. The average Bonchev–Trinajstić information content (AvgIpc) is 2.80. The maximum atomic E-state index is 13.2. The van der Waals surface area contributed by atoms with Gasteiger partial charge in [-0.25, -0.2) is 0 Å². The molecule has 30 heavy (non-hydrogen) atoms. The SMILES string of the molecule is CSc1ccc(CN2CCC[C@H](C(=O)N3CCC(Cc4ccccc4)CC3)C2)cc1. The molecule has 0 spiro atoms. The molecule has 0 N–H and O–H groups in total. The van der Waals surface area contributed by atoms with Crippen LogP contribution in [-0.2, 0) is 17.8 Å². The molecule has 0 saturated carbocycles. The van der Waals surface area contributed by atoms with Gasteiger partial charge in [0.2, 0.25) is 5.91 Å². The Morgan fingerprint density at radius 2 is 1.67 bits per heavy atom. The molecule has 2 aromatic rings. The number of hydrogen-bond donors (Lipinski definition) is 0. The first-order chi connectivity index (χ1) is 14.7.